The molecule has 1 N–H and O–H groups in total. The number of benzene rings is 3. The molecule has 142 valence electrons. The van der Waals surface area contributed by atoms with Crippen LogP contribution in [0.1, 0.15) is 5.56 Å². The lowest BCUT2D eigenvalue weighted by Crippen LogP contribution is -2.13. The van der Waals surface area contributed by atoms with E-state index in [0.717, 1.165) is 10.8 Å². The molecule has 4 rings (SSSR count). The molecule has 1 heterocycles. The third kappa shape index (κ3) is 4.03. The fourth-order valence-corrected chi connectivity index (χ4v) is 3.89. The van der Waals surface area contributed by atoms with Crippen LogP contribution in [-0.4, -0.2) is 13.4 Å². The highest BCUT2D eigenvalue weighted by molar-refractivity contribution is 7.92. The van der Waals surface area contributed by atoms with Gasteiger partial charge in [0, 0.05) is 6.20 Å². The fourth-order valence-electron chi connectivity index (χ4n) is 2.80. The number of anilines is 1. The summed E-state index contributed by atoms with van der Waals surface area (Å²) in [5, 5.41) is 10.7. The van der Waals surface area contributed by atoms with Crippen molar-refractivity contribution in [3.8, 4) is 17.7 Å². The van der Waals surface area contributed by atoms with Crippen LogP contribution in [0, 0.1) is 11.3 Å². The average Bonchev–Trinajstić information content (AvgIpc) is 2.75. The summed E-state index contributed by atoms with van der Waals surface area (Å²) in [6, 6.07) is 24.2. The van der Waals surface area contributed by atoms with Gasteiger partial charge in [-0.15, -0.1) is 0 Å². The summed E-state index contributed by atoms with van der Waals surface area (Å²) in [7, 11) is -3.84. The topological polar surface area (TPSA) is 92.1 Å². The molecule has 29 heavy (non-hydrogen) atoms. The summed E-state index contributed by atoms with van der Waals surface area (Å²) in [5.74, 6) is 0.551. The number of nitrogens with zero attached hydrogens (tertiary/aromatic N) is 2. The zero-order valence-electron chi connectivity index (χ0n) is 15.1. The smallest absolute Gasteiger partial charge is 0.262 e. The molecule has 0 fully saturated rings. The van der Waals surface area contributed by atoms with Gasteiger partial charge in [0.2, 0.25) is 5.88 Å². The van der Waals surface area contributed by atoms with E-state index in [1.807, 2.05) is 30.3 Å². The van der Waals surface area contributed by atoms with E-state index in [2.05, 4.69) is 9.71 Å². The lowest BCUT2D eigenvalue weighted by Gasteiger charge is -2.13. The Morgan fingerprint density at radius 3 is 2.41 bits per heavy atom. The largest absolute Gasteiger partial charge is 0.437 e. The predicted molar refractivity (Wildman–Crippen MR) is 110 cm³/mol. The van der Waals surface area contributed by atoms with Crippen LogP contribution in [-0.2, 0) is 10.0 Å². The number of aromatic nitrogens is 1. The lowest BCUT2D eigenvalue weighted by atomic mass is 10.1. The number of nitrogens with one attached hydrogen (secondary N) is 1. The number of pyridine rings is 1. The van der Waals surface area contributed by atoms with Gasteiger partial charge in [0.25, 0.3) is 10.0 Å². The Morgan fingerprint density at radius 2 is 1.66 bits per heavy atom. The molecule has 0 saturated carbocycles. The summed E-state index contributed by atoms with van der Waals surface area (Å²) in [6.45, 7) is 0. The van der Waals surface area contributed by atoms with Crippen LogP contribution in [0.15, 0.2) is 90.0 Å². The Bertz CT molecular complexity index is 1330. The van der Waals surface area contributed by atoms with Gasteiger partial charge in [-0.25, -0.2) is 13.4 Å². The molecule has 0 saturated heterocycles. The highest BCUT2D eigenvalue weighted by Gasteiger charge is 2.18. The first-order valence-electron chi connectivity index (χ1n) is 8.70. The third-order valence-electron chi connectivity index (χ3n) is 4.24. The molecule has 0 spiro atoms. The zero-order valence-corrected chi connectivity index (χ0v) is 15.9. The first-order chi connectivity index (χ1) is 14.0. The Kier molecular flexibility index (Phi) is 4.85. The van der Waals surface area contributed by atoms with E-state index < -0.39 is 10.0 Å². The SMILES string of the molecule is N#Cc1ccc(Oc2ncccc2NS(=O)(=O)c2ccc3ccccc3c2)cc1. The highest BCUT2D eigenvalue weighted by Crippen LogP contribution is 2.29. The van der Waals surface area contributed by atoms with Crippen LogP contribution in [0.3, 0.4) is 0 Å². The minimum atomic E-state index is -3.84. The van der Waals surface area contributed by atoms with Crippen molar-refractivity contribution in [2.75, 3.05) is 4.72 Å². The molecule has 0 radical (unpaired) electrons. The second kappa shape index (κ2) is 7.62. The van der Waals surface area contributed by atoms with Gasteiger partial charge >= 0.3 is 0 Å². The van der Waals surface area contributed by atoms with Gasteiger partial charge in [-0.1, -0.05) is 30.3 Å². The summed E-state index contributed by atoms with van der Waals surface area (Å²) < 4.78 is 34.1. The van der Waals surface area contributed by atoms with E-state index in [0.29, 0.717) is 11.3 Å². The van der Waals surface area contributed by atoms with Crippen molar-refractivity contribution in [1.82, 2.24) is 4.98 Å². The molecule has 0 bridgehead atoms. The molecule has 0 aliphatic rings. The van der Waals surface area contributed by atoms with Gasteiger partial charge in [0.1, 0.15) is 11.4 Å². The maximum absolute atomic E-state index is 12.9. The molecule has 6 nitrogen and oxygen atoms in total. The number of rotatable bonds is 5. The van der Waals surface area contributed by atoms with E-state index in [1.54, 1.807) is 54.6 Å². The Morgan fingerprint density at radius 1 is 0.897 bits per heavy atom. The molecule has 0 aliphatic carbocycles. The molecule has 7 heteroatoms. The van der Waals surface area contributed by atoms with Crippen molar-refractivity contribution >= 4 is 26.5 Å². The molecule has 3 aromatic carbocycles. The number of ether oxygens (including phenoxy) is 1. The maximum Gasteiger partial charge on any atom is 0.262 e. The Balaban J connectivity index is 1.63. The lowest BCUT2D eigenvalue weighted by molar-refractivity contribution is 0.465. The predicted octanol–water partition coefficient (Wildman–Crippen LogP) is 4.70. The molecule has 0 unspecified atom stereocenters. The highest BCUT2D eigenvalue weighted by atomic mass is 32.2. The van der Waals surface area contributed by atoms with Crippen molar-refractivity contribution in [3.05, 3.63) is 90.6 Å². The number of nitriles is 1. The standard InChI is InChI=1S/C22H15N3O3S/c23-15-16-7-10-19(11-8-16)28-22-21(6-3-13-24-22)25-29(26,27)20-12-9-17-4-1-2-5-18(17)14-20/h1-14,25H. The number of fused-ring (bicyclic) bond motifs is 1. The number of sulfonamides is 1. The first-order valence-corrected chi connectivity index (χ1v) is 10.2. The normalized spacial score (nSPS) is 11.0. The van der Waals surface area contributed by atoms with Crippen LogP contribution < -0.4 is 9.46 Å². The maximum atomic E-state index is 12.9. The minimum absolute atomic E-state index is 0.113. The van der Waals surface area contributed by atoms with Gasteiger partial charge in [0.05, 0.1) is 16.5 Å². The zero-order chi connectivity index (χ0) is 20.3. The summed E-state index contributed by atoms with van der Waals surface area (Å²) in [4.78, 5) is 4.27. The van der Waals surface area contributed by atoms with E-state index in [1.165, 1.54) is 6.20 Å². The second-order valence-electron chi connectivity index (χ2n) is 6.21. The fraction of sp³-hybridized carbons (Fsp3) is 0. The first kappa shape index (κ1) is 18.5. The average molecular weight is 401 g/mol. The quantitative estimate of drug-likeness (QED) is 0.523. The van der Waals surface area contributed by atoms with Crippen molar-refractivity contribution in [2.24, 2.45) is 0 Å². The van der Waals surface area contributed by atoms with Gasteiger partial charge in [0.15, 0.2) is 0 Å². The van der Waals surface area contributed by atoms with E-state index in [9.17, 15) is 8.42 Å². The van der Waals surface area contributed by atoms with Gasteiger partial charge < -0.3 is 4.74 Å². The van der Waals surface area contributed by atoms with E-state index in [4.69, 9.17) is 10.00 Å². The Hall–Kier alpha value is -3.89. The van der Waals surface area contributed by atoms with Crippen LogP contribution in [0.5, 0.6) is 11.6 Å². The number of hydrogen-bond donors (Lipinski definition) is 1. The molecule has 1 aromatic heterocycles. The Labute approximate surface area is 168 Å². The molecule has 4 aromatic rings. The van der Waals surface area contributed by atoms with E-state index >= 15 is 0 Å². The summed E-state index contributed by atoms with van der Waals surface area (Å²) in [6.07, 6.45) is 1.51. The molecular formula is C22H15N3O3S. The summed E-state index contributed by atoms with van der Waals surface area (Å²) in [5.41, 5.74) is 0.709. The second-order valence-corrected chi connectivity index (χ2v) is 7.89. The van der Waals surface area contributed by atoms with E-state index in [-0.39, 0.29) is 16.5 Å². The van der Waals surface area contributed by atoms with Gasteiger partial charge in [-0.05, 0) is 59.3 Å². The number of hydrogen-bond acceptors (Lipinski definition) is 5. The van der Waals surface area contributed by atoms with Crippen molar-refractivity contribution < 1.29 is 13.2 Å². The molecule has 0 amide bonds. The summed E-state index contributed by atoms with van der Waals surface area (Å²) >= 11 is 0. The van der Waals surface area contributed by atoms with Crippen LogP contribution >= 0.6 is 0 Å². The van der Waals surface area contributed by atoms with Crippen LogP contribution in [0.2, 0.25) is 0 Å². The molecular weight excluding hydrogens is 386 g/mol. The van der Waals surface area contributed by atoms with Crippen LogP contribution in [0.25, 0.3) is 10.8 Å². The third-order valence-corrected chi connectivity index (χ3v) is 5.61. The molecule has 0 aliphatic heterocycles. The minimum Gasteiger partial charge on any atom is -0.437 e. The monoisotopic (exact) mass is 401 g/mol. The van der Waals surface area contributed by atoms with Crippen LogP contribution in [0.4, 0.5) is 5.69 Å². The molecule has 0 atom stereocenters. The van der Waals surface area contributed by atoms with Crippen molar-refractivity contribution in [1.29, 1.82) is 5.26 Å². The van der Waals surface area contributed by atoms with Gasteiger partial charge in [-0.3, -0.25) is 4.72 Å². The van der Waals surface area contributed by atoms with Crippen molar-refractivity contribution in [3.63, 3.8) is 0 Å². The van der Waals surface area contributed by atoms with Gasteiger partial charge in [-0.2, -0.15) is 5.26 Å². The van der Waals surface area contributed by atoms with Crippen molar-refractivity contribution in [2.45, 2.75) is 4.90 Å².